The highest BCUT2D eigenvalue weighted by molar-refractivity contribution is 7.66. The third-order valence-corrected chi connectivity index (χ3v) is 6.39. The van der Waals surface area contributed by atoms with Gasteiger partial charge in [0.15, 0.2) is 0 Å². The highest BCUT2D eigenvalue weighted by Gasteiger charge is 2.42. The van der Waals surface area contributed by atoms with Gasteiger partial charge in [0.2, 0.25) is 0 Å². The van der Waals surface area contributed by atoms with Crippen molar-refractivity contribution in [1.29, 1.82) is 0 Å². The van der Waals surface area contributed by atoms with Crippen LogP contribution in [0.5, 0.6) is 0 Å². The van der Waals surface area contributed by atoms with Gasteiger partial charge in [-0.15, -0.1) is 0 Å². The lowest BCUT2D eigenvalue weighted by Crippen LogP contribution is -2.29. The van der Waals surface area contributed by atoms with Crippen molar-refractivity contribution < 1.29 is 55.9 Å². The van der Waals surface area contributed by atoms with Gasteiger partial charge in [-0.2, -0.15) is 8.62 Å². The van der Waals surface area contributed by atoms with Crippen LogP contribution in [0.1, 0.15) is 20.3 Å². The van der Waals surface area contributed by atoms with Gasteiger partial charge in [-0.1, -0.05) is 0 Å². The summed E-state index contributed by atoms with van der Waals surface area (Å²) in [5, 5.41) is 0. The molecule has 3 unspecified atom stereocenters. The molecule has 12 nitrogen and oxygen atoms in total. The van der Waals surface area contributed by atoms with Crippen LogP contribution in [0.15, 0.2) is 0 Å². The maximum atomic E-state index is 11.6. The van der Waals surface area contributed by atoms with Crippen molar-refractivity contribution >= 4 is 23.5 Å². The van der Waals surface area contributed by atoms with Crippen LogP contribution < -0.4 is 0 Å². The fraction of sp³-hybridized carbons (Fsp3) is 1.00. The SMILES string of the molecule is CCOC1C[C@H](C)O[C@@H]1COP(=O)(O)OP(=O)(O)OP(=O)(O)O. The lowest BCUT2D eigenvalue weighted by Gasteiger charge is -2.20. The third kappa shape index (κ3) is 8.31. The van der Waals surface area contributed by atoms with E-state index in [0.29, 0.717) is 13.0 Å². The number of phosphoric ester groups is 1. The van der Waals surface area contributed by atoms with E-state index in [2.05, 4.69) is 13.1 Å². The van der Waals surface area contributed by atoms with E-state index in [4.69, 9.17) is 24.2 Å². The molecule has 0 radical (unpaired) electrons. The second-order valence-electron chi connectivity index (χ2n) is 4.60. The molecule has 1 heterocycles. The van der Waals surface area contributed by atoms with Gasteiger partial charge in [-0.3, -0.25) is 4.52 Å². The molecule has 0 aromatic rings. The zero-order valence-corrected chi connectivity index (χ0v) is 14.9. The van der Waals surface area contributed by atoms with Crippen LogP contribution in [-0.4, -0.2) is 51.1 Å². The molecule has 138 valence electrons. The number of phosphoric acid groups is 3. The molecule has 0 spiro atoms. The number of hydrogen-bond donors (Lipinski definition) is 4. The van der Waals surface area contributed by atoms with Crippen molar-refractivity contribution in [3.05, 3.63) is 0 Å². The van der Waals surface area contributed by atoms with Gasteiger partial charge in [0.1, 0.15) is 6.10 Å². The van der Waals surface area contributed by atoms with E-state index >= 15 is 0 Å². The quantitative estimate of drug-likeness (QED) is 0.403. The van der Waals surface area contributed by atoms with Crippen LogP contribution in [0.25, 0.3) is 0 Å². The summed E-state index contributed by atoms with van der Waals surface area (Å²) in [6.07, 6.45) is -0.767. The summed E-state index contributed by atoms with van der Waals surface area (Å²) in [4.78, 5) is 35.2. The van der Waals surface area contributed by atoms with Crippen molar-refractivity contribution in [2.24, 2.45) is 0 Å². The van der Waals surface area contributed by atoms with Gasteiger partial charge in [-0.25, -0.2) is 13.7 Å². The molecule has 0 aliphatic carbocycles. The van der Waals surface area contributed by atoms with Gasteiger partial charge in [-0.05, 0) is 13.8 Å². The topological polar surface area (TPSA) is 178 Å². The first-order valence-electron chi connectivity index (χ1n) is 6.39. The minimum atomic E-state index is -5.51. The third-order valence-electron chi connectivity index (χ3n) is 2.58. The van der Waals surface area contributed by atoms with Crippen LogP contribution in [-0.2, 0) is 36.3 Å². The molecule has 4 N–H and O–H groups in total. The largest absolute Gasteiger partial charge is 0.490 e. The number of ether oxygens (including phenoxy) is 2. The zero-order valence-electron chi connectivity index (χ0n) is 12.2. The molecule has 1 aliphatic heterocycles. The molecular formula is C8H19O12P3. The first-order chi connectivity index (χ1) is 10.3. The minimum absolute atomic E-state index is 0.180. The Balaban J connectivity index is 2.60. The van der Waals surface area contributed by atoms with Gasteiger partial charge < -0.3 is 29.0 Å². The average molecular weight is 400 g/mol. The van der Waals surface area contributed by atoms with Crippen molar-refractivity contribution in [3.63, 3.8) is 0 Å². The predicted molar refractivity (Wildman–Crippen MR) is 74.2 cm³/mol. The molecule has 1 aliphatic rings. The van der Waals surface area contributed by atoms with Crippen LogP contribution in [0, 0.1) is 0 Å². The molecule has 5 atom stereocenters. The summed E-state index contributed by atoms with van der Waals surface area (Å²) in [7, 11) is -16.1. The van der Waals surface area contributed by atoms with Crippen LogP contribution in [0.3, 0.4) is 0 Å². The standard InChI is InChI=1S/C8H19O12P3/c1-3-16-7-4-6(2)18-8(7)5-17-22(12,13)20-23(14,15)19-21(9,10)11/h6-8H,3-5H2,1-2H3,(H,12,13)(H,14,15)(H2,9,10,11)/t6-,7?,8+/m0/s1. The Bertz CT molecular complexity index is 530. The maximum absolute atomic E-state index is 11.6. The Morgan fingerprint density at radius 2 is 1.70 bits per heavy atom. The minimum Gasteiger partial charge on any atom is -0.376 e. The normalized spacial score (nSPS) is 30.8. The van der Waals surface area contributed by atoms with Crippen molar-refractivity contribution in [1.82, 2.24) is 0 Å². The molecule has 1 saturated heterocycles. The molecule has 0 aromatic heterocycles. The molecule has 0 aromatic carbocycles. The highest BCUT2D eigenvalue weighted by Crippen LogP contribution is 2.66. The lowest BCUT2D eigenvalue weighted by molar-refractivity contribution is -0.0404. The Labute approximate surface area is 132 Å². The van der Waals surface area contributed by atoms with Crippen molar-refractivity contribution in [3.8, 4) is 0 Å². The van der Waals surface area contributed by atoms with E-state index in [1.807, 2.05) is 0 Å². The highest BCUT2D eigenvalue weighted by atomic mass is 31.3. The summed E-state index contributed by atoms with van der Waals surface area (Å²) in [6, 6.07) is 0. The molecule has 23 heavy (non-hydrogen) atoms. The smallest absolute Gasteiger partial charge is 0.376 e. The number of hydrogen-bond acceptors (Lipinski definition) is 8. The second-order valence-corrected chi connectivity index (χ2v) is 9.02. The van der Waals surface area contributed by atoms with Gasteiger partial charge in [0.25, 0.3) is 0 Å². The molecular weight excluding hydrogens is 381 g/mol. The van der Waals surface area contributed by atoms with Crippen LogP contribution >= 0.6 is 23.5 Å². The van der Waals surface area contributed by atoms with Gasteiger partial charge >= 0.3 is 23.5 Å². The Morgan fingerprint density at radius 3 is 2.22 bits per heavy atom. The maximum Gasteiger partial charge on any atom is 0.490 e. The summed E-state index contributed by atoms with van der Waals surface area (Å²) in [5.74, 6) is 0. The average Bonchev–Trinajstić information content (AvgIpc) is 2.63. The van der Waals surface area contributed by atoms with E-state index in [9.17, 15) is 18.6 Å². The van der Waals surface area contributed by atoms with Crippen LogP contribution in [0.4, 0.5) is 0 Å². The molecule has 0 saturated carbocycles. The number of rotatable bonds is 9. The summed E-state index contributed by atoms with van der Waals surface area (Å²) < 4.78 is 55.7. The van der Waals surface area contributed by atoms with E-state index in [1.165, 1.54) is 0 Å². The zero-order chi connectivity index (χ0) is 17.9. The van der Waals surface area contributed by atoms with E-state index in [1.54, 1.807) is 13.8 Å². The van der Waals surface area contributed by atoms with Crippen LogP contribution in [0.2, 0.25) is 0 Å². The van der Waals surface area contributed by atoms with Gasteiger partial charge in [0.05, 0.1) is 18.8 Å². The molecule has 15 heteroatoms. The Kier molecular flexibility index (Phi) is 7.56. The fourth-order valence-corrected chi connectivity index (χ4v) is 4.96. The summed E-state index contributed by atoms with van der Waals surface area (Å²) >= 11 is 0. The van der Waals surface area contributed by atoms with E-state index in [0.717, 1.165) is 0 Å². The Hall–Kier alpha value is 0.330. The molecule has 1 fully saturated rings. The summed E-state index contributed by atoms with van der Waals surface area (Å²) in [6.45, 7) is 3.39. The lowest BCUT2D eigenvalue weighted by atomic mass is 10.1. The molecule has 0 bridgehead atoms. The van der Waals surface area contributed by atoms with Crippen molar-refractivity contribution in [2.75, 3.05) is 13.2 Å². The predicted octanol–water partition coefficient (Wildman–Crippen LogP) is 0.912. The monoisotopic (exact) mass is 400 g/mol. The molecule has 1 rings (SSSR count). The van der Waals surface area contributed by atoms with E-state index in [-0.39, 0.29) is 6.10 Å². The fourth-order valence-electron chi connectivity index (χ4n) is 1.93. The molecule has 0 amide bonds. The van der Waals surface area contributed by atoms with Gasteiger partial charge in [0, 0.05) is 13.0 Å². The Morgan fingerprint density at radius 1 is 1.09 bits per heavy atom. The second kappa shape index (κ2) is 8.14. The first-order valence-corrected chi connectivity index (χ1v) is 10.9. The first kappa shape index (κ1) is 21.4. The summed E-state index contributed by atoms with van der Waals surface area (Å²) in [5.41, 5.74) is 0. The van der Waals surface area contributed by atoms with E-state index < -0.39 is 42.3 Å². The van der Waals surface area contributed by atoms with Crippen molar-refractivity contribution in [2.45, 2.75) is 38.6 Å².